The lowest BCUT2D eigenvalue weighted by molar-refractivity contribution is 0.0927. The van der Waals surface area contributed by atoms with Gasteiger partial charge in [-0.3, -0.25) is 0 Å². The first-order chi connectivity index (χ1) is 8.31. The molecule has 17 heavy (non-hydrogen) atoms. The van der Waals surface area contributed by atoms with Gasteiger partial charge in [0.05, 0.1) is 24.9 Å². The molecule has 0 aromatic heterocycles. The monoisotopic (exact) mass is 240 g/mol. The molecular formula is C12H20N2O3. The number of carbonyl (C=O) groups is 1. The summed E-state index contributed by atoms with van der Waals surface area (Å²) >= 11 is 0. The minimum absolute atomic E-state index is 0.0664. The second-order valence-electron chi connectivity index (χ2n) is 5.28. The van der Waals surface area contributed by atoms with Crippen molar-refractivity contribution in [1.29, 1.82) is 0 Å². The quantitative estimate of drug-likeness (QED) is 0.761. The van der Waals surface area contributed by atoms with E-state index in [0.717, 1.165) is 32.4 Å². The third-order valence-corrected chi connectivity index (χ3v) is 4.02. The van der Waals surface area contributed by atoms with Crippen LogP contribution in [-0.2, 0) is 9.47 Å². The molecule has 5 heteroatoms. The van der Waals surface area contributed by atoms with Crippen LogP contribution < -0.4 is 10.6 Å². The molecule has 0 aliphatic carbocycles. The summed E-state index contributed by atoms with van der Waals surface area (Å²) in [5.41, 5.74) is 0. The number of urea groups is 1. The molecule has 4 unspecified atom stereocenters. The Balaban J connectivity index is 1.37. The molecule has 0 aromatic rings. The molecule has 96 valence electrons. The van der Waals surface area contributed by atoms with Gasteiger partial charge < -0.3 is 20.1 Å². The molecule has 3 fully saturated rings. The topological polar surface area (TPSA) is 59.6 Å². The van der Waals surface area contributed by atoms with Gasteiger partial charge in [-0.25, -0.2) is 4.79 Å². The van der Waals surface area contributed by atoms with E-state index in [1.54, 1.807) is 0 Å². The van der Waals surface area contributed by atoms with E-state index in [2.05, 4.69) is 10.6 Å². The van der Waals surface area contributed by atoms with Gasteiger partial charge in [0.15, 0.2) is 0 Å². The maximum atomic E-state index is 11.6. The highest BCUT2D eigenvalue weighted by Gasteiger charge is 2.40. The minimum atomic E-state index is -0.0664. The van der Waals surface area contributed by atoms with Crippen molar-refractivity contribution in [2.75, 3.05) is 19.8 Å². The van der Waals surface area contributed by atoms with E-state index in [1.807, 2.05) is 0 Å². The van der Waals surface area contributed by atoms with Gasteiger partial charge in [-0.15, -0.1) is 0 Å². The molecule has 0 aromatic carbocycles. The molecule has 0 spiro atoms. The van der Waals surface area contributed by atoms with Crippen LogP contribution in [0.15, 0.2) is 0 Å². The van der Waals surface area contributed by atoms with Crippen LogP contribution in [0.4, 0.5) is 4.79 Å². The predicted molar refractivity (Wildman–Crippen MR) is 61.8 cm³/mol. The molecule has 3 rings (SSSR count). The van der Waals surface area contributed by atoms with Crippen molar-refractivity contribution in [3.05, 3.63) is 0 Å². The SMILES string of the molecule is O=C(NCC1CC2CCC1O2)NC1CCOC1. The summed E-state index contributed by atoms with van der Waals surface area (Å²) in [7, 11) is 0. The molecule has 2 amide bonds. The zero-order valence-electron chi connectivity index (χ0n) is 9.98. The van der Waals surface area contributed by atoms with Gasteiger partial charge in [0.2, 0.25) is 0 Å². The van der Waals surface area contributed by atoms with Crippen LogP contribution in [0.3, 0.4) is 0 Å². The van der Waals surface area contributed by atoms with Gasteiger partial charge in [-0.05, 0) is 25.7 Å². The Hall–Kier alpha value is -0.810. The van der Waals surface area contributed by atoms with E-state index in [9.17, 15) is 4.79 Å². The highest BCUT2D eigenvalue weighted by atomic mass is 16.5. The summed E-state index contributed by atoms with van der Waals surface area (Å²) in [6.45, 7) is 2.14. The lowest BCUT2D eigenvalue weighted by Gasteiger charge is -2.19. The van der Waals surface area contributed by atoms with Crippen LogP contribution in [0.1, 0.15) is 25.7 Å². The smallest absolute Gasteiger partial charge is 0.315 e. The summed E-state index contributed by atoms with van der Waals surface area (Å²) in [6, 6.07) is 0.120. The first-order valence-electron chi connectivity index (χ1n) is 6.59. The molecule has 2 N–H and O–H groups in total. The third kappa shape index (κ3) is 2.55. The molecule has 3 saturated heterocycles. The van der Waals surface area contributed by atoms with Crippen LogP contribution in [0.5, 0.6) is 0 Å². The maximum absolute atomic E-state index is 11.6. The molecule has 3 aliphatic rings. The van der Waals surface area contributed by atoms with E-state index in [-0.39, 0.29) is 12.1 Å². The van der Waals surface area contributed by atoms with E-state index in [4.69, 9.17) is 9.47 Å². The number of ether oxygens (including phenoxy) is 2. The van der Waals surface area contributed by atoms with E-state index in [0.29, 0.717) is 24.7 Å². The predicted octanol–water partition coefficient (Wildman–Crippen LogP) is 0.642. The Kier molecular flexibility index (Phi) is 3.20. The van der Waals surface area contributed by atoms with E-state index >= 15 is 0 Å². The van der Waals surface area contributed by atoms with Crippen molar-refractivity contribution in [3.8, 4) is 0 Å². The fraction of sp³-hybridized carbons (Fsp3) is 0.917. The fourth-order valence-electron chi connectivity index (χ4n) is 3.07. The van der Waals surface area contributed by atoms with Crippen molar-refractivity contribution < 1.29 is 14.3 Å². The number of amides is 2. The van der Waals surface area contributed by atoms with Crippen molar-refractivity contribution >= 4 is 6.03 Å². The first-order valence-corrected chi connectivity index (χ1v) is 6.59. The fourth-order valence-corrected chi connectivity index (χ4v) is 3.07. The Morgan fingerprint density at radius 1 is 1.29 bits per heavy atom. The summed E-state index contributed by atoms with van der Waals surface area (Å²) in [5, 5.41) is 5.88. The molecule has 0 saturated carbocycles. The first kappa shape index (κ1) is 11.3. The molecule has 5 nitrogen and oxygen atoms in total. The van der Waals surface area contributed by atoms with Crippen LogP contribution in [0.2, 0.25) is 0 Å². The largest absolute Gasteiger partial charge is 0.379 e. The van der Waals surface area contributed by atoms with E-state index in [1.165, 1.54) is 6.42 Å². The second kappa shape index (κ2) is 4.82. The van der Waals surface area contributed by atoms with Crippen LogP contribution in [-0.4, -0.2) is 44.0 Å². The van der Waals surface area contributed by atoms with Gasteiger partial charge in [0.25, 0.3) is 0 Å². The van der Waals surface area contributed by atoms with Crippen LogP contribution in [0.25, 0.3) is 0 Å². The number of carbonyl (C=O) groups excluding carboxylic acids is 1. The molecule has 3 heterocycles. The molecule has 2 bridgehead atoms. The molecular weight excluding hydrogens is 220 g/mol. The van der Waals surface area contributed by atoms with Crippen molar-refractivity contribution in [3.63, 3.8) is 0 Å². The summed E-state index contributed by atoms with van der Waals surface area (Å²) in [6.07, 6.45) is 5.23. The number of hydrogen-bond acceptors (Lipinski definition) is 3. The van der Waals surface area contributed by atoms with Crippen molar-refractivity contribution in [2.24, 2.45) is 5.92 Å². The Bertz CT molecular complexity index is 291. The van der Waals surface area contributed by atoms with Gasteiger partial charge >= 0.3 is 6.03 Å². The average molecular weight is 240 g/mol. The zero-order valence-corrected chi connectivity index (χ0v) is 9.98. The van der Waals surface area contributed by atoms with Gasteiger partial charge in [0, 0.05) is 19.1 Å². The Morgan fingerprint density at radius 3 is 2.88 bits per heavy atom. The van der Waals surface area contributed by atoms with Gasteiger partial charge in [-0.1, -0.05) is 0 Å². The number of rotatable bonds is 3. The highest BCUT2D eigenvalue weighted by molar-refractivity contribution is 5.74. The van der Waals surface area contributed by atoms with Crippen molar-refractivity contribution in [2.45, 2.75) is 43.9 Å². The Labute approximate surface area is 101 Å². The standard InChI is InChI=1S/C12H20N2O3/c15-12(14-9-3-4-16-7-9)13-6-8-5-10-1-2-11(8)17-10/h8-11H,1-7H2,(H2,13,14,15). The summed E-state index contributed by atoms with van der Waals surface area (Å²) in [5.74, 6) is 0.513. The minimum Gasteiger partial charge on any atom is -0.379 e. The number of nitrogens with one attached hydrogen (secondary N) is 2. The summed E-state index contributed by atoms with van der Waals surface area (Å²) in [4.78, 5) is 11.6. The lowest BCUT2D eigenvalue weighted by Crippen LogP contribution is -2.44. The second-order valence-corrected chi connectivity index (χ2v) is 5.28. The van der Waals surface area contributed by atoms with Gasteiger partial charge in [-0.2, -0.15) is 0 Å². The zero-order chi connectivity index (χ0) is 11.7. The normalized spacial score (nSPS) is 39.5. The van der Waals surface area contributed by atoms with Crippen LogP contribution >= 0.6 is 0 Å². The molecule has 0 radical (unpaired) electrons. The highest BCUT2D eigenvalue weighted by Crippen LogP contribution is 2.38. The maximum Gasteiger partial charge on any atom is 0.315 e. The molecule has 3 aliphatic heterocycles. The third-order valence-electron chi connectivity index (χ3n) is 4.02. The average Bonchev–Trinajstić information content (AvgIpc) is 3.02. The lowest BCUT2D eigenvalue weighted by atomic mass is 9.89. The summed E-state index contributed by atoms with van der Waals surface area (Å²) < 4.78 is 11.0. The van der Waals surface area contributed by atoms with E-state index < -0.39 is 0 Å². The molecule has 4 atom stereocenters. The number of hydrogen-bond donors (Lipinski definition) is 2. The van der Waals surface area contributed by atoms with Crippen LogP contribution in [0, 0.1) is 5.92 Å². The van der Waals surface area contributed by atoms with Gasteiger partial charge in [0.1, 0.15) is 0 Å². The van der Waals surface area contributed by atoms with Crippen molar-refractivity contribution in [1.82, 2.24) is 10.6 Å². The number of fused-ring (bicyclic) bond motifs is 2. The Morgan fingerprint density at radius 2 is 2.24 bits per heavy atom.